The SMILES string of the molecule is O=C1C=Cc2ccccc2/C1=C/C=C(c1ccc(O)cc1)c1ccc(O)cc1. The van der Waals surface area contributed by atoms with E-state index in [0.29, 0.717) is 5.57 Å². The van der Waals surface area contributed by atoms with Crippen LogP contribution in [0.25, 0.3) is 17.2 Å². The van der Waals surface area contributed by atoms with Crippen LogP contribution in [-0.4, -0.2) is 16.0 Å². The summed E-state index contributed by atoms with van der Waals surface area (Å²) >= 11 is 0. The van der Waals surface area contributed by atoms with Crippen molar-refractivity contribution in [3.8, 4) is 11.5 Å². The van der Waals surface area contributed by atoms with Crippen molar-refractivity contribution in [3.05, 3.63) is 113 Å². The third kappa shape index (κ3) is 3.51. The molecule has 2 N–H and O–H groups in total. The number of aromatic hydroxyl groups is 2. The second-order valence-corrected chi connectivity index (χ2v) is 6.54. The van der Waals surface area contributed by atoms with E-state index >= 15 is 0 Å². The van der Waals surface area contributed by atoms with Gasteiger partial charge in [0.25, 0.3) is 0 Å². The molecular weight excluding hydrogens is 348 g/mol. The topological polar surface area (TPSA) is 57.5 Å². The fourth-order valence-electron chi connectivity index (χ4n) is 3.26. The molecule has 3 aromatic carbocycles. The number of rotatable bonds is 3. The molecule has 0 bridgehead atoms. The number of phenols is 2. The van der Waals surface area contributed by atoms with E-state index in [1.165, 1.54) is 0 Å². The normalized spacial score (nSPS) is 14.0. The van der Waals surface area contributed by atoms with E-state index in [2.05, 4.69) is 0 Å². The van der Waals surface area contributed by atoms with Crippen molar-refractivity contribution >= 4 is 23.0 Å². The average molecular weight is 366 g/mol. The Kier molecular flexibility index (Phi) is 4.65. The van der Waals surface area contributed by atoms with Crippen molar-refractivity contribution in [2.45, 2.75) is 0 Å². The van der Waals surface area contributed by atoms with Crippen molar-refractivity contribution < 1.29 is 15.0 Å². The molecule has 28 heavy (non-hydrogen) atoms. The monoisotopic (exact) mass is 366 g/mol. The Morgan fingerprint density at radius 2 is 1.29 bits per heavy atom. The highest BCUT2D eigenvalue weighted by Gasteiger charge is 2.16. The second kappa shape index (κ2) is 7.41. The minimum atomic E-state index is -0.0364. The van der Waals surface area contributed by atoms with Gasteiger partial charge in [-0.1, -0.05) is 60.7 Å². The van der Waals surface area contributed by atoms with Crippen LogP contribution in [0.15, 0.2) is 91.0 Å². The van der Waals surface area contributed by atoms with Gasteiger partial charge in [0.05, 0.1) is 0 Å². The summed E-state index contributed by atoms with van der Waals surface area (Å²) < 4.78 is 0. The predicted octanol–water partition coefficient (Wildman–Crippen LogP) is 5.21. The molecular formula is C25H18O3. The maximum absolute atomic E-state index is 12.5. The molecule has 0 unspecified atom stereocenters. The summed E-state index contributed by atoms with van der Waals surface area (Å²) in [6, 6.07) is 21.6. The predicted molar refractivity (Wildman–Crippen MR) is 112 cm³/mol. The smallest absolute Gasteiger partial charge is 0.186 e. The van der Waals surface area contributed by atoms with Gasteiger partial charge in [-0.15, -0.1) is 0 Å². The number of hydrogen-bond acceptors (Lipinski definition) is 3. The van der Waals surface area contributed by atoms with Crippen LogP contribution in [0.1, 0.15) is 22.3 Å². The van der Waals surface area contributed by atoms with Gasteiger partial charge in [-0.3, -0.25) is 4.79 Å². The number of carbonyl (C=O) groups excluding carboxylic acids is 1. The molecule has 1 aliphatic carbocycles. The van der Waals surface area contributed by atoms with Crippen molar-refractivity contribution in [2.75, 3.05) is 0 Å². The first-order chi connectivity index (χ1) is 13.6. The van der Waals surface area contributed by atoms with Crippen LogP contribution in [0, 0.1) is 0 Å². The highest BCUT2D eigenvalue weighted by atomic mass is 16.3. The lowest BCUT2D eigenvalue weighted by Gasteiger charge is -2.13. The van der Waals surface area contributed by atoms with E-state index in [1.807, 2.05) is 66.8 Å². The van der Waals surface area contributed by atoms with Crippen molar-refractivity contribution in [1.82, 2.24) is 0 Å². The number of benzene rings is 3. The zero-order valence-electron chi connectivity index (χ0n) is 15.0. The molecule has 0 fully saturated rings. The molecule has 0 atom stereocenters. The van der Waals surface area contributed by atoms with Gasteiger partial charge in [-0.05, 0) is 64.2 Å². The molecule has 0 aromatic heterocycles. The van der Waals surface area contributed by atoms with Crippen LogP contribution in [0.5, 0.6) is 11.5 Å². The Balaban J connectivity index is 1.84. The maximum atomic E-state index is 12.5. The first-order valence-corrected chi connectivity index (χ1v) is 8.94. The van der Waals surface area contributed by atoms with E-state index in [4.69, 9.17) is 0 Å². The van der Waals surface area contributed by atoms with Gasteiger partial charge in [-0.25, -0.2) is 0 Å². The van der Waals surface area contributed by atoms with Gasteiger partial charge in [0.1, 0.15) is 11.5 Å². The number of ketones is 1. The van der Waals surface area contributed by atoms with Crippen molar-refractivity contribution in [2.24, 2.45) is 0 Å². The fraction of sp³-hybridized carbons (Fsp3) is 0. The highest BCUT2D eigenvalue weighted by Crippen LogP contribution is 2.30. The van der Waals surface area contributed by atoms with Crippen LogP contribution < -0.4 is 0 Å². The van der Waals surface area contributed by atoms with E-state index in [9.17, 15) is 15.0 Å². The molecule has 3 nitrogen and oxygen atoms in total. The van der Waals surface area contributed by atoms with E-state index in [-0.39, 0.29) is 17.3 Å². The summed E-state index contributed by atoms with van der Waals surface area (Å²) in [5.74, 6) is 0.341. The van der Waals surface area contributed by atoms with Crippen LogP contribution in [-0.2, 0) is 4.79 Å². The molecule has 0 amide bonds. The minimum Gasteiger partial charge on any atom is -0.508 e. The lowest BCUT2D eigenvalue weighted by atomic mass is 9.90. The molecule has 4 rings (SSSR count). The first-order valence-electron chi connectivity index (χ1n) is 8.94. The fourth-order valence-corrected chi connectivity index (χ4v) is 3.26. The summed E-state index contributed by atoms with van der Waals surface area (Å²) in [6.45, 7) is 0. The minimum absolute atomic E-state index is 0.0364. The van der Waals surface area contributed by atoms with Gasteiger partial charge >= 0.3 is 0 Å². The standard InChI is InChI=1S/C25H18O3/c26-20-10-5-18(6-11-20)22(19-7-12-21(27)13-8-19)14-15-24-23-4-2-1-3-17(23)9-16-25(24)28/h1-16,26-27H/b24-15-. The second-order valence-electron chi connectivity index (χ2n) is 6.54. The highest BCUT2D eigenvalue weighted by molar-refractivity contribution is 6.30. The molecule has 0 spiro atoms. The number of phenolic OH excluding ortho intramolecular Hbond substituents is 2. The molecule has 0 saturated heterocycles. The van der Waals surface area contributed by atoms with Gasteiger partial charge < -0.3 is 10.2 Å². The molecule has 3 aromatic rings. The molecule has 0 heterocycles. The third-order valence-corrected chi connectivity index (χ3v) is 4.70. The summed E-state index contributed by atoms with van der Waals surface area (Å²) in [4.78, 5) is 12.5. The Labute approximate surface area is 163 Å². The number of hydrogen-bond donors (Lipinski definition) is 2. The zero-order valence-corrected chi connectivity index (χ0v) is 15.0. The zero-order chi connectivity index (χ0) is 19.5. The van der Waals surface area contributed by atoms with E-state index < -0.39 is 0 Å². The third-order valence-electron chi connectivity index (χ3n) is 4.70. The molecule has 3 heteroatoms. The van der Waals surface area contributed by atoms with Gasteiger partial charge in [0, 0.05) is 5.57 Å². The Morgan fingerprint density at radius 1 is 0.714 bits per heavy atom. The van der Waals surface area contributed by atoms with Gasteiger partial charge in [0.15, 0.2) is 5.78 Å². The van der Waals surface area contributed by atoms with Crippen LogP contribution >= 0.6 is 0 Å². The Bertz CT molecular complexity index is 1070. The molecule has 0 aliphatic heterocycles. The Morgan fingerprint density at radius 3 is 1.89 bits per heavy atom. The van der Waals surface area contributed by atoms with Crippen molar-refractivity contribution in [3.63, 3.8) is 0 Å². The summed E-state index contributed by atoms with van der Waals surface area (Å²) in [6.07, 6.45) is 7.16. The molecule has 0 saturated carbocycles. The maximum Gasteiger partial charge on any atom is 0.186 e. The molecule has 1 aliphatic rings. The van der Waals surface area contributed by atoms with E-state index in [0.717, 1.165) is 27.8 Å². The van der Waals surface area contributed by atoms with Gasteiger partial charge in [0.2, 0.25) is 0 Å². The van der Waals surface area contributed by atoms with Crippen molar-refractivity contribution in [1.29, 1.82) is 0 Å². The number of fused-ring (bicyclic) bond motifs is 1. The molecule has 0 radical (unpaired) electrons. The van der Waals surface area contributed by atoms with E-state index in [1.54, 1.807) is 30.3 Å². The van der Waals surface area contributed by atoms with Crippen LogP contribution in [0.2, 0.25) is 0 Å². The average Bonchev–Trinajstić information content (AvgIpc) is 2.72. The van der Waals surface area contributed by atoms with Crippen LogP contribution in [0.3, 0.4) is 0 Å². The summed E-state index contributed by atoms with van der Waals surface area (Å²) in [5, 5.41) is 19.2. The molecule has 136 valence electrons. The lowest BCUT2D eigenvalue weighted by molar-refractivity contribution is -0.109. The lowest BCUT2D eigenvalue weighted by Crippen LogP contribution is -2.04. The van der Waals surface area contributed by atoms with Gasteiger partial charge in [-0.2, -0.15) is 0 Å². The summed E-state index contributed by atoms with van der Waals surface area (Å²) in [7, 11) is 0. The number of allylic oxidation sites excluding steroid dienone is 4. The first kappa shape index (κ1) is 17.6. The Hall–Kier alpha value is -3.85. The summed E-state index contributed by atoms with van der Waals surface area (Å²) in [5.41, 5.74) is 5.22. The van der Waals surface area contributed by atoms with Crippen LogP contribution in [0.4, 0.5) is 0 Å². The largest absolute Gasteiger partial charge is 0.508 e. The quantitative estimate of drug-likeness (QED) is 0.626. The number of carbonyl (C=O) groups is 1.